The molecule has 2 aromatic rings. The molecule has 16 heavy (non-hydrogen) atoms. The number of esters is 1. The summed E-state index contributed by atoms with van der Waals surface area (Å²) in [5, 5.41) is 0.873. The summed E-state index contributed by atoms with van der Waals surface area (Å²) in [7, 11) is 5.17. The van der Waals surface area contributed by atoms with Crippen molar-refractivity contribution in [1.29, 1.82) is 0 Å². The number of carbonyl (C=O) groups excluding carboxylic acids is 1. The molecule has 0 unspecified atom stereocenters. The first-order chi connectivity index (χ1) is 7.63. The number of aromatic nitrogens is 2. The Labute approximate surface area is 96.7 Å². The summed E-state index contributed by atoms with van der Waals surface area (Å²) < 4.78 is 4.68. The third kappa shape index (κ3) is 1.71. The van der Waals surface area contributed by atoms with Gasteiger partial charge in [0.15, 0.2) is 0 Å². The van der Waals surface area contributed by atoms with Crippen LogP contribution in [0.4, 0.5) is 5.82 Å². The lowest BCUT2D eigenvalue weighted by Gasteiger charge is -2.10. The zero-order chi connectivity index (χ0) is 11.7. The standard InChI is InChI=1S/C10H11N3O2S/c1-13(2)8-6-4-7(10(14)15-3)16-9(6)12-5-11-8/h4-5H,1-3H3. The van der Waals surface area contributed by atoms with Gasteiger partial charge in [0.2, 0.25) is 0 Å². The molecule has 6 heteroatoms. The Morgan fingerprint density at radius 2 is 2.19 bits per heavy atom. The van der Waals surface area contributed by atoms with Crippen LogP contribution in [-0.2, 0) is 4.74 Å². The number of thiophene rings is 1. The van der Waals surface area contributed by atoms with Gasteiger partial charge in [-0.2, -0.15) is 0 Å². The molecule has 0 aliphatic carbocycles. The van der Waals surface area contributed by atoms with E-state index in [1.54, 1.807) is 6.07 Å². The normalized spacial score (nSPS) is 10.4. The number of hydrogen-bond acceptors (Lipinski definition) is 6. The van der Waals surface area contributed by atoms with E-state index in [4.69, 9.17) is 0 Å². The highest BCUT2D eigenvalue weighted by molar-refractivity contribution is 7.20. The van der Waals surface area contributed by atoms with Gasteiger partial charge in [-0.1, -0.05) is 0 Å². The SMILES string of the molecule is COC(=O)c1cc2c(N(C)C)ncnc2s1. The molecule has 0 spiro atoms. The van der Waals surface area contributed by atoms with Crippen molar-refractivity contribution in [3.8, 4) is 0 Å². The smallest absolute Gasteiger partial charge is 0.348 e. The first-order valence-corrected chi connectivity index (χ1v) is 5.45. The number of nitrogens with zero attached hydrogens (tertiary/aromatic N) is 3. The quantitative estimate of drug-likeness (QED) is 0.742. The van der Waals surface area contributed by atoms with E-state index in [-0.39, 0.29) is 5.97 Å². The molecule has 0 aliphatic rings. The molecule has 2 rings (SSSR count). The molecule has 0 N–H and O–H groups in total. The molecule has 0 bridgehead atoms. The number of ether oxygens (including phenoxy) is 1. The Hall–Kier alpha value is -1.69. The molecule has 0 saturated carbocycles. The van der Waals surface area contributed by atoms with Crippen LogP contribution >= 0.6 is 11.3 Å². The molecule has 0 fully saturated rings. The van der Waals surface area contributed by atoms with E-state index >= 15 is 0 Å². The van der Waals surface area contributed by atoms with Gasteiger partial charge in [-0.3, -0.25) is 0 Å². The van der Waals surface area contributed by atoms with Gasteiger partial charge in [0.05, 0.1) is 12.5 Å². The van der Waals surface area contributed by atoms with Crippen LogP contribution in [0.2, 0.25) is 0 Å². The third-order valence-corrected chi connectivity index (χ3v) is 3.14. The first kappa shape index (κ1) is 10.8. The lowest BCUT2D eigenvalue weighted by atomic mass is 10.3. The molecule has 0 aliphatic heterocycles. The largest absolute Gasteiger partial charge is 0.465 e. The number of carbonyl (C=O) groups is 1. The van der Waals surface area contributed by atoms with E-state index in [1.807, 2.05) is 19.0 Å². The van der Waals surface area contributed by atoms with Crippen LogP contribution in [-0.4, -0.2) is 37.1 Å². The van der Waals surface area contributed by atoms with Crippen LogP contribution in [0.15, 0.2) is 12.4 Å². The molecular formula is C10H11N3O2S. The zero-order valence-corrected chi connectivity index (χ0v) is 10.0. The van der Waals surface area contributed by atoms with Gasteiger partial charge < -0.3 is 9.64 Å². The minimum Gasteiger partial charge on any atom is -0.465 e. The van der Waals surface area contributed by atoms with Crippen LogP contribution in [0.5, 0.6) is 0 Å². The predicted molar refractivity (Wildman–Crippen MR) is 63.1 cm³/mol. The fraction of sp³-hybridized carbons (Fsp3) is 0.300. The zero-order valence-electron chi connectivity index (χ0n) is 9.22. The predicted octanol–water partition coefficient (Wildman–Crippen LogP) is 1.54. The number of anilines is 1. The fourth-order valence-corrected chi connectivity index (χ4v) is 2.31. The van der Waals surface area contributed by atoms with Gasteiger partial charge in [-0.05, 0) is 6.07 Å². The summed E-state index contributed by atoms with van der Waals surface area (Å²) in [5.74, 6) is 0.462. The van der Waals surface area contributed by atoms with E-state index in [9.17, 15) is 4.79 Å². The van der Waals surface area contributed by atoms with Gasteiger partial charge in [0, 0.05) is 14.1 Å². The number of rotatable bonds is 2. The number of methoxy groups -OCH3 is 1. The van der Waals surface area contributed by atoms with Crippen molar-refractivity contribution < 1.29 is 9.53 Å². The molecule has 0 radical (unpaired) electrons. The molecule has 0 atom stereocenters. The summed E-state index contributed by atoms with van der Waals surface area (Å²) in [4.78, 5) is 22.9. The lowest BCUT2D eigenvalue weighted by molar-refractivity contribution is 0.0606. The van der Waals surface area contributed by atoms with Crippen molar-refractivity contribution in [2.24, 2.45) is 0 Å². The minimum atomic E-state index is -0.340. The van der Waals surface area contributed by atoms with Gasteiger partial charge in [0.1, 0.15) is 21.9 Å². The molecule has 2 aromatic heterocycles. The second-order valence-corrected chi connectivity index (χ2v) is 4.44. The Morgan fingerprint density at radius 3 is 2.81 bits per heavy atom. The van der Waals surface area contributed by atoms with Crippen LogP contribution in [0.3, 0.4) is 0 Å². The van der Waals surface area contributed by atoms with Crippen LogP contribution in [0, 0.1) is 0 Å². The third-order valence-electron chi connectivity index (χ3n) is 2.12. The van der Waals surface area contributed by atoms with E-state index in [0.717, 1.165) is 16.0 Å². The Morgan fingerprint density at radius 1 is 1.44 bits per heavy atom. The molecule has 0 amide bonds. The van der Waals surface area contributed by atoms with Gasteiger partial charge in [0.25, 0.3) is 0 Å². The first-order valence-electron chi connectivity index (χ1n) is 4.63. The molecule has 84 valence electrons. The summed E-state index contributed by atoms with van der Waals surface area (Å²) >= 11 is 1.31. The number of hydrogen-bond donors (Lipinski definition) is 0. The minimum absolute atomic E-state index is 0.340. The van der Waals surface area contributed by atoms with E-state index < -0.39 is 0 Å². The van der Waals surface area contributed by atoms with Crippen molar-refractivity contribution in [2.75, 3.05) is 26.1 Å². The van der Waals surface area contributed by atoms with Crippen LogP contribution in [0.1, 0.15) is 9.67 Å². The Balaban J connectivity index is 2.61. The van der Waals surface area contributed by atoms with E-state index in [1.165, 1.54) is 24.8 Å². The monoisotopic (exact) mass is 237 g/mol. The Kier molecular flexibility index (Phi) is 2.74. The van der Waals surface area contributed by atoms with Crippen LogP contribution < -0.4 is 4.90 Å². The maximum absolute atomic E-state index is 11.4. The topological polar surface area (TPSA) is 55.3 Å². The molecule has 2 heterocycles. The summed E-state index contributed by atoms with van der Waals surface area (Å²) in [6.45, 7) is 0. The molecule has 5 nitrogen and oxygen atoms in total. The highest BCUT2D eigenvalue weighted by Gasteiger charge is 2.14. The molecule has 0 aromatic carbocycles. The van der Waals surface area contributed by atoms with Crippen molar-refractivity contribution in [1.82, 2.24) is 9.97 Å². The highest BCUT2D eigenvalue weighted by atomic mass is 32.1. The molecular weight excluding hydrogens is 226 g/mol. The average molecular weight is 237 g/mol. The average Bonchev–Trinajstić information content (AvgIpc) is 2.70. The maximum Gasteiger partial charge on any atom is 0.348 e. The Bertz CT molecular complexity index is 536. The summed E-state index contributed by atoms with van der Waals surface area (Å²) in [6.07, 6.45) is 1.50. The highest BCUT2D eigenvalue weighted by Crippen LogP contribution is 2.29. The van der Waals surface area contributed by atoms with Crippen molar-refractivity contribution in [3.05, 3.63) is 17.3 Å². The van der Waals surface area contributed by atoms with Crippen molar-refractivity contribution >= 4 is 33.3 Å². The second kappa shape index (κ2) is 4.05. The van der Waals surface area contributed by atoms with Crippen molar-refractivity contribution in [3.63, 3.8) is 0 Å². The van der Waals surface area contributed by atoms with Gasteiger partial charge in [-0.15, -0.1) is 11.3 Å². The lowest BCUT2D eigenvalue weighted by Crippen LogP contribution is -2.10. The maximum atomic E-state index is 11.4. The van der Waals surface area contributed by atoms with Gasteiger partial charge in [-0.25, -0.2) is 14.8 Å². The van der Waals surface area contributed by atoms with Crippen LogP contribution in [0.25, 0.3) is 10.2 Å². The van der Waals surface area contributed by atoms with Crippen molar-refractivity contribution in [2.45, 2.75) is 0 Å². The molecule has 0 saturated heterocycles. The number of fused-ring (bicyclic) bond motifs is 1. The fourth-order valence-electron chi connectivity index (χ4n) is 1.40. The second-order valence-electron chi connectivity index (χ2n) is 3.41. The summed E-state index contributed by atoms with van der Waals surface area (Å²) in [5.41, 5.74) is 0. The van der Waals surface area contributed by atoms with E-state index in [2.05, 4.69) is 14.7 Å². The van der Waals surface area contributed by atoms with Gasteiger partial charge >= 0.3 is 5.97 Å². The van der Waals surface area contributed by atoms with E-state index in [0.29, 0.717) is 4.88 Å². The summed E-state index contributed by atoms with van der Waals surface area (Å²) in [6, 6.07) is 1.77.